The normalized spacial score (nSPS) is 12.0. The number of amides is 2. The summed E-state index contributed by atoms with van der Waals surface area (Å²) < 4.78 is 65.4. The van der Waals surface area contributed by atoms with Gasteiger partial charge in [0.1, 0.15) is 18.3 Å². The molecule has 0 saturated heterocycles. The fourth-order valence-corrected chi connectivity index (χ4v) is 8.73. The van der Waals surface area contributed by atoms with Crippen molar-refractivity contribution >= 4 is 82.6 Å². The summed E-state index contributed by atoms with van der Waals surface area (Å²) in [5.41, 5.74) is 4.21. The first-order valence-electron chi connectivity index (χ1n) is 19.9. The molecule has 0 bridgehead atoms. The summed E-state index contributed by atoms with van der Waals surface area (Å²) in [6, 6.07) is 22.1. The number of sulfonamides is 2. The number of carbonyl (C=O) groups excluding carboxylic acids is 3. The summed E-state index contributed by atoms with van der Waals surface area (Å²) in [6.45, 7) is 17.4. The second kappa shape index (κ2) is 19.0. The predicted octanol–water partition coefficient (Wildman–Crippen LogP) is 6.74. The van der Waals surface area contributed by atoms with Gasteiger partial charge in [-0.25, -0.2) is 26.8 Å². The maximum atomic E-state index is 12.8. The van der Waals surface area contributed by atoms with E-state index in [9.17, 15) is 36.3 Å². The van der Waals surface area contributed by atoms with Crippen LogP contribution in [0.1, 0.15) is 74.0 Å². The Labute approximate surface area is 367 Å². The standard InChI is InChI=1S/C23H28N4O5S.C21H26N4O4S/c1-15(28)24-17-6-9-19(10-7-17)33(30,31)26-18-8-11-21-20(14-18)25-22(23(3,4)5)27(21)12-13-32-16(2)29;1-14(27)22-15-5-8-17(9-6-15)30(28,29)24-16-7-10-19-18(13-16)23-20(21(2,3)4)25(19)11-12-26/h6-11,14,26H,12-13H2,1-5H3,(H,24,28);5-10,13,24,26H,11-12H2,1-4H3,(H,22,27). The van der Waals surface area contributed by atoms with Gasteiger partial charge in [0, 0.05) is 49.5 Å². The van der Waals surface area contributed by atoms with Crippen molar-refractivity contribution in [3.63, 3.8) is 0 Å². The number of nitrogens with zero attached hydrogens (tertiary/aromatic N) is 4. The van der Waals surface area contributed by atoms with Gasteiger partial charge in [-0.2, -0.15) is 0 Å². The first-order valence-corrected chi connectivity index (χ1v) is 22.9. The zero-order chi connectivity index (χ0) is 46.5. The molecule has 0 atom stereocenters. The molecule has 2 aromatic heterocycles. The molecule has 4 aromatic carbocycles. The van der Waals surface area contributed by atoms with E-state index in [0.29, 0.717) is 46.9 Å². The van der Waals surface area contributed by atoms with E-state index in [0.717, 1.165) is 22.7 Å². The highest BCUT2D eigenvalue weighted by Gasteiger charge is 2.25. The van der Waals surface area contributed by atoms with Crippen LogP contribution in [0.2, 0.25) is 0 Å². The second-order valence-electron chi connectivity index (χ2n) is 16.8. The van der Waals surface area contributed by atoms with Crippen molar-refractivity contribution in [3.8, 4) is 0 Å². The average Bonchev–Trinajstić information content (AvgIpc) is 3.73. The molecule has 63 heavy (non-hydrogen) atoms. The van der Waals surface area contributed by atoms with Crippen LogP contribution in [0.3, 0.4) is 0 Å². The van der Waals surface area contributed by atoms with Crippen molar-refractivity contribution in [2.75, 3.05) is 33.3 Å². The van der Waals surface area contributed by atoms with Gasteiger partial charge in [-0.3, -0.25) is 23.8 Å². The van der Waals surface area contributed by atoms with Gasteiger partial charge in [-0.05, 0) is 84.9 Å². The summed E-state index contributed by atoms with van der Waals surface area (Å²) in [5, 5.41) is 14.6. The van der Waals surface area contributed by atoms with Crippen LogP contribution in [-0.4, -0.2) is 72.0 Å². The number of hydrogen-bond acceptors (Lipinski definition) is 11. The van der Waals surface area contributed by atoms with Crippen molar-refractivity contribution in [2.45, 2.75) is 96.0 Å². The maximum Gasteiger partial charge on any atom is 0.302 e. The highest BCUT2D eigenvalue weighted by Crippen LogP contribution is 2.31. The quantitative estimate of drug-likeness (QED) is 0.0762. The highest BCUT2D eigenvalue weighted by atomic mass is 32.2. The monoisotopic (exact) mass is 902 g/mol. The fourth-order valence-electron chi connectivity index (χ4n) is 6.63. The van der Waals surface area contributed by atoms with Gasteiger partial charge >= 0.3 is 5.97 Å². The third-order valence-electron chi connectivity index (χ3n) is 9.26. The zero-order valence-electron chi connectivity index (χ0n) is 36.7. The Morgan fingerprint density at radius 2 is 0.952 bits per heavy atom. The molecular formula is C44H54N8O9S2. The summed E-state index contributed by atoms with van der Waals surface area (Å²) in [6.07, 6.45) is 0. The third-order valence-corrected chi connectivity index (χ3v) is 12.1. The van der Waals surface area contributed by atoms with Gasteiger partial charge in [-0.15, -0.1) is 0 Å². The number of nitrogens with one attached hydrogen (secondary N) is 4. The SMILES string of the molecule is CC(=O)Nc1ccc(S(=O)(=O)Nc2ccc3c(c2)nc(C(C)(C)C)n3CCO)cc1.CC(=O)Nc1ccc(S(=O)(=O)Nc2ccc3c(c2)nc(C(C)(C)C)n3CCOC(C)=O)cc1. The molecule has 6 rings (SSSR count). The lowest BCUT2D eigenvalue weighted by molar-refractivity contribution is -0.141. The molecule has 0 radical (unpaired) electrons. The second-order valence-corrected chi connectivity index (χ2v) is 20.1. The zero-order valence-corrected chi connectivity index (χ0v) is 38.4. The minimum atomic E-state index is -3.84. The van der Waals surface area contributed by atoms with Crippen molar-refractivity contribution in [3.05, 3.63) is 96.6 Å². The first kappa shape index (κ1) is 47.7. The average molecular weight is 903 g/mol. The number of imidazole rings is 2. The van der Waals surface area contributed by atoms with E-state index in [1.54, 1.807) is 36.4 Å². The molecule has 6 aromatic rings. The lowest BCUT2D eigenvalue weighted by Crippen LogP contribution is -2.21. The molecule has 5 N–H and O–H groups in total. The molecule has 0 fully saturated rings. The number of rotatable bonds is 13. The molecule has 0 unspecified atom stereocenters. The van der Waals surface area contributed by atoms with E-state index in [-0.39, 0.29) is 51.6 Å². The predicted molar refractivity (Wildman–Crippen MR) is 244 cm³/mol. The molecule has 336 valence electrons. The van der Waals surface area contributed by atoms with Crippen molar-refractivity contribution in [1.82, 2.24) is 19.1 Å². The van der Waals surface area contributed by atoms with Gasteiger partial charge in [0.25, 0.3) is 20.0 Å². The third kappa shape index (κ3) is 12.2. The number of carbonyl (C=O) groups is 3. The van der Waals surface area contributed by atoms with Gasteiger partial charge in [0.15, 0.2) is 0 Å². The Morgan fingerprint density at radius 1 is 0.587 bits per heavy atom. The van der Waals surface area contributed by atoms with Crippen LogP contribution in [0.25, 0.3) is 22.1 Å². The minimum Gasteiger partial charge on any atom is -0.464 e. The van der Waals surface area contributed by atoms with Crippen LogP contribution in [-0.2, 0) is 63.1 Å². The van der Waals surface area contributed by atoms with E-state index >= 15 is 0 Å². The first-order chi connectivity index (χ1) is 29.4. The smallest absolute Gasteiger partial charge is 0.302 e. The molecule has 0 saturated carbocycles. The highest BCUT2D eigenvalue weighted by molar-refractivity contribution is 7.93. The molecule has 17 nitrogen and oxygen atoms in total. The lowest BCUT2D eigenvalue weighted by Gasteiger charge is -2.20. The summed E-state index contributed by atoms with van der Waals surface area (Å²) in [5.74, 6) is 0.808. The van der Waals surface area contributed by atoms with Gasteiger partial charge in [0.05, 0.1) is 56.4 Å². The number of ether oxygens (including phenoxy) is 1. The fraction of sp³-hybridized carbons (Fsp3) is 0.341. The molecule has 0 aliphatic heterocycles. The van der Waals surface area contributed by atoms with Crippen LogP contribution >= 0.6 is 0 Å². The molecule has 0 spiro atoms. The number of aliphatic hydroxyl groups excluding tert-OH is 1. The van der Waals surface area contributed by atoms with Crippen LogP contribution in [0.5, 0.6) is 0 Å². The lowest BCUT2D eigenvalue weighted by atomic mass is 9.95. The molecular weight excluding hydrogens is 849 g/mol. The Hall–Kier alpha value is -6.31. The van der Waals surface area contributed by atoms with Crippen molar-refractivity contribution < 1.29 is 41.1 Å². The van der Waals surface area contributed by atoms with E-state index in [1.165, 1.54) is 69.3 Å². The van der Waals surface area contributed by atoms with Crippen LogP contribution in [0.4, 0.5) is 22.7 Å². The van der Waals surface area contributed by atoms with Crippen molar-refractivity contribution in [1.29, 1.82) is 0 Å². The number of esters is 1. The van der Waals surface area contributed by atoms with E-state index in [2.05, 4.69) is 25.1 Å². The Bertz CT molecular complexity index is 2860. The Kier molecular flexibility index (Phi) is 14.4. The van der Waals surface area contributed by atoms with Crippen LogP contribution in [0, 0.1) is 0 Å². The summed E-state index contributed by atoms with van der Waals surface area (Å²) in [7, 11) is -7.64. The molecule has 2 heterocycles. The maximum absolute atomic E-state index is 12.8. The van der Waals surface area contributed by atoms with Gasteiger partial charge in [-0.1, -0.05) is 41.5 Å². The Morgan fingerprint density at radius 3 is 1.29 bits per heavy atom. The molecule has 0 aliphatic carbocycles. The van der Waals surface area contributed by atoms with E-state index in [1.807, 2.05) is 50.7 Å². The molecule has 0 aliphatic rings. The van der Waals surface area contributed by atoms with Gasteiger partial charge in [0.2, 0.25) is 11.8 Å². The van der Waals surface area contributed by atoms with Gasteiger partial charge < -0.3 is 29.6 Å². The number of anilines is 4. The number of benzene rings is 4. The molecule has 2 amide bonds. The van der Waals surface area contributed by atoms with E-state index in [4.69, 9.17) is 9.72 Å². The van der Waals surface area contributed by atoms with Crippen molar-refractivity contribution in [2.24, 2.45) is 0 Å². The number of hydrogen-bond donors (Lipinski definition) is 5. The minimum absolute atomic E-state index is 0.0165. The number of aliphatic hydroxyl groups is 1. The van der Waals surface area contributed by atoms with E-state index < -0.39 is 20.0 Å². The summed E-state index contributed by atoms with van der Waals surface area (Å²) >= 11 is 0. The Balaban J connectivity index is 0.000000239. The van der Waals surface area contributed by atoms with Crippen LogP contribution < -0.4 is 20.1 Å². The van der Waals surface area contributed by atoms with Crippen LogP contribution in [0.15, 0.2) is 94.7 Å². The summed E-state index contributed by atoms with van der Waals surface area (Å²) in [4.78, 5) is 43.0. The molecule has 19 heteroatoms. The largest absolute Gasteiger partial charge is 0.464 e. The number of fused-ring (bicyclic) bond motifs is 2. The number of aromatic nitrogens is 4. The topological polar surface area (TPSA) is 233 Å².